The lowest BCUT2D eigenvalue weighted by molar-refractivity contribution is -0.189. The van der Waals surface area contributed by atoms with Gasteiger partial charge in [-0.1, -0.05) is 30.3 Å². The SMILES string of the molecule is CC(NS(=O)(=O)c1cnc2n1CCC2)(c1ccccc1)C(F)(F)F. The van der Waals surface area contributed by atoms with Gasteiger partial charge in [0, 0.05) is 13.0 Å². The standard InChI is InChI=1S/C15H16F3N3O2S/c1-14(15(16,17)18,11-6-3-2-4-7-11)20-24(22,23)13-10-19-12-8-5-9-21(12)13/h2-4,6-7,10,20H,5,8-9H2,1H3. The molecule has 0 bridgehead atoms. The Morgan fingerprint density at radius 1 is 1.21 bits per heavy atom. The topological polar surface area (TPSA) is 64.0 Å². The molecule has 24 heavy (non-hydrogen) atoms. The fraction of sp³-hybridized carbons (Fsp3) is 0.400. The van der Waals surface area contributed by atoms with Crippen LogP contribution < -0.4 is 4.72 Å². The Morgan fingerprint density at radius 3 is 2.50 bits per heavy atom. The molecule has 9 heteroatoms. The first kappa shape index (κ1) is 17.0. The van der Waals surface area contributed by atoms with Gasteiger partial charge in [-0.15, -0.1) is 0 Å². The van der Waals surface area contributed by atoms with E-state index in [9.17, 15) is 21.6 Å². The Labute approximate surface area is 137 Å². The predicted octanol–water partition coefficient (Wildman–Crippen LogP) is 2.59. The van der Waals surface area contributed by atoms with Gasteiger partial charge in [-0.2, -0.15) is 17.9 Å². The van der Waals surface area contributed by atoms with Crippen LogP contribution in [-0.2, 0) is 28.5 Å². The molecule has 0 saturated carbocycles. The van der Waals surface area contributed by atoms with E-state index in [1.807, 2.05) is 4.72 Å². The van der Waals surface area contributed by atoms with Gasteiger partial charge < -0.3 is 4.57 Å². The normalized spacial score (nSPS) is 17.5. The lowest BCUT2D eigenvalue weighted by Gasteiger charge is -2.33. The Morgan fingerprint density at radius 2 is 1.88 bits per heavy atom. The highest BCUT2D eigenvalue weighted by Gasteiger charge is 2.55. The van der Waals surface area contributed by atoms with Crippen molar-refractivity contribution in [1.82, 2.24) is 14.3 Å². The summed E-state index contributed by atoms with van der Waals surface area (Å²) in [5.74, 6) is 0.573. The van der Waals surface area contributed by atoms with Gasteiger partial charge in [0.1, 0.15) is 5.82 Å². The molecule has 1 N–H and O–H groups in total. The zero-order valence-electron chi connectivity index (χ0n) is 12.8. The highest BCUT2D eigenvalue weighted by molar-refractivity contribution is 7.89. The van der Waals surface area contributed by atoms with Gasteiger partial charge in [0.15, 0.2) is 10.6 Å². The minimum Gasteiger partial charge on any atom is -0.318 e. The maximum absolute atomic E-state index is 13.7. The van der Waals surface area contributed by atoms with Crippen LogP contribution in [0.1, 0.15) is 24.7 Å². The number of imidazole rings is 1. The molecule has 0 aliphatic carbocycles. The highest BCUT2D eigenvalue weighted by atomic mass is 32.2. The van der Waals surface area contributed by atoms with Crippen LogP contribution in [0, 0.1) is 0 Å². The smallest absolute Gasteiger partial charge is 0.318 e. The van der Waals surface area contributed by atoms with Crippen LogP contribution in [0.15, 0.2) is 41.6 Å². The summed E-state index contributed by atoms with van der Waals surface area (Å²) in [5.41, 5.74) is -2.92. The van der Waals surface area contributed by atoms with Crippen molar-refractivity contribution in [3.05, 3.63) is 47.9 Å². The van der Waals surface area contributed by atoms with Crippen LogP contribution in [0.4, 0.5) is 13.2 Å². The van der Waals surface area contributed by atoms with Gasteiger partial charge >= 0.3 is 6.18 Å². The van der Waals surface area contributed by atoms with Crippen molar-refractivity contribution in [2.45, 2.75) is 43.1 Å². The monoisotopic (exact) mass is 359 g/mol. The fourth-order valence-electron chi connectivity index (χ4n) is 2.82. The number of nitrogens with one attached hydrogen (secondary N) is 1. The maximum atomic E-state index is 13.7. The summed E-state index contributed by atoms with van der Waals surface area (Å²) in [7, 11) is -4.40. The van der Waals surface area contributed by atoms with Crippen LogP contribution in [0.3, 0.4) is 0 Å². The number of sulfonamides is 1. The first-order chi connectivity index (χ1) is 11.2. The van der Waals surface area contributed by atoms with Crippen LogP contribution in [0.25, 0.3) is 0 Å². The van der Waals surface area contributed by atoms with E-state index in [1.165, 1.54) is 28.8 Å². The highest BCUT2D eigenvalue weighted by Crippen LogP contribution is 2.40. The first-order valence-electron chi connectivity index (χ1n) is 7.36. The zero-order chi connectivity index (χ0) is 17.6. The number of alkyl halides is 3. The van der Waals surface area contributed by atoms with E-state index in [4.69, 9.17) is 0 Å². The lowest BCUT2D eigenvalue weighted by Crippen LogP contribution is -2.54. The minimum atomic E-state index is -4.81. The number of fused-ring (bicyclic) bond motifs is 1. The number of aromatic nitrogens is 2. The number of halogens is 3. The van der Waals surface area contributed by atoms with Crippen molar-refractivity contribution in [2.24, 2.45) is 0 Å². The molecule has 1 unspecified atom stereocenters. The van der Waals surface area contributed by atoms with Gasteiger partial charge in [-0.05, 0) is 18.9 Å². The molecule has 2 heterocycles. The molecular weight excluding hydrogens is 343 g/mol. The van der Waals surface area contributed by atoms with Crippen LogP contribution >= 0.6 is 0 Å². The van der Waals surface area contributed by atoms with Crippen molar-refractivity contribution in [3.63, 3.8) is 0 Å². The molecule has 1 aliphatic rings. The van der Waals surface area contributed by atoms with Crippen LogP contribution in [0.5, 0.6) is 0 Å². The molecule has 3 rings (SSSR count). The third-order valence-corrected chi connectivity index (χ3v) is 5.77. The van der Waals surface area contributed by atoms with Gasteiger partial charge in [-0.3, -0.25) is 0 Å². The Hall–Kier alpha value is -1.87. The Kier molecular flexibility index (Phi) is 3.95. The van der Waals surface area contributed by atoms with E-state index >= 15 is 0 Å². The number of aryl methyl sites for hydroxylation is 1. The molecular formula is C15H16F3N3O2S. The number of rotatable bonds is 4. The predicted molar refractivity (Wildman–Crippen MR) is 80.7 cm³/mol. The number of hydrogen-bond donors (Lipinski definition) is 1. The van der Waals surface area contributed by atoms with E-state index in [0.717, 1.165) is 19.5 Å². The van der Waals surface area contributed by atoms with Gasteiger partial charge in [0.2, 0.25) is 0 Å². The average molecular weight is 359 g/mol. The molecule has 1 atom stereocenters. The third kappa shape index (κ3) is 2.71. The maximum Gasteiger partial charge on any atom is 0.411 e. The van der Waals surface area contributed by atoms with Crippen molar-refractivity contribution < 1.29 is 21.6 Å². The number of nitrogens with zero attached hydrogens (tertiary/aromatic N) is 2. The van der Waals surface area contributed by atoms with E-state index in [-0.39, 0.29) is 10.6 Å². The molecule has 0 spiro atoms. The van der Waals surface area contributed by atoms with Gasteiger partial charge in [-0.25, -0.2) is 13.4 Å². The van der Waals surface area contributed by atoms with E-state index in [1.54, 1.807) is 6.07 Å². The molecule has 0 radical (unpaired) electrons. The summed E-state index contributed by atoms with van der Waals surface area (Å²) in [6.45, 7) is 1.25. The van der Waals surface area contributed by atoms with Crippen molar-refractivity contribution in [2.75, 3.05) is 0 Å². The molecule has 0 amide bonds. The van der Waals surface area contributed by atoms with Gasteiger partial charge in [0.25, 0.3) is 10.0 Å². The Balaban J connectivity index is 2.05. The van der Waals surface area contributed by atoms with Crippen molar-refractivity contribution in [1.29, 1.82) is 0 Å². The molecule has 0 fully saturated rings. The minimum absolute atomic E-state index is 0.178. The molecule has 5 nitrogen and oxygen atoms in total. The second kappa shape index (κ2) is 5.59. The Bertz CT molecular complexity index is 847. The van der Waals surface area contributed by atoms with E-state index < -0.39 is 21.7 Å². The zero-order valence-corrected chi connectivity index (χ0v) is 13.7. The summed E-state index contributed by atoms with van der Waals surface area (Å²) < 4.78 is 69.6. The summed E-state index contributed by atoms with van der Waals surface area (Å²) in [6.07, 6.45) is -2.36. The van der Waals surface area contributed by atoms with Crippen molar-refractivity contribution in [3.8, 4) is 0 Å². The molecule has 1 aliphatic heterocycles. The summed E-state index contributed by atoms with van der Waals surface area (Å²) in [5, 5.41) is -0.235. The number of hydrogen-bond acceptors (Lipinski definition) is 3. The lowest BCUT2D eigenvalue weighted by atomic mass is 9.93. The molecule has 0 saturated heterocycles. The number of benzene rings is 1. The van der Waals surface area contributed by atoms with Crippen LogP contribution in [0.2, 0.25) is 0 Å². The molecule has 1 aromatic heterocycles. The largest absolute Gasteiger partial charge is 0.411 e. The average Bonchev–Trinajstić information content (AvgIpc) is 3.09. The summed E-state index contributed by atoms with van der Waals surface area (Å²) >= 11 is 0. The molecule has 1 aromatic carbocycles. The van der Waals surface area contributed by atoms with E-state index in [2.05, 4.69) is 4.98 Å². The second-order valence-corrected chi connectivity index (χ2v) is 7.49. The first-order valence-corrected chi connectivity index (χ1v) is 8.84. The second-order valence-electron chi connectivity index (χ2n) is 5.86. The summed E-state index contributed by atoms with van der Waals surface area (Å²) in [6, 6.07) is 6.93. The van der Waals surface area contributed by atoms with E-state index in [0.29, 0.717) is 18.8 Å². The van der Waals surface area contributed by atoms with Crippen LogP contribution in [-0.4, -0.2) is 24.1 Å². The van der Waals surface area contributed by atoms with Gasteiger partial charge in [0.05, 0.1) is 6.20 Å². The molecule has 2 aromatic rings. The summed E-state index contributed by atoms with van der Waals surface area (Å²) in [4.78, 5) is 3.99. The van der Waals surface area contributed by atoms with Crippen molar-refractivity contribution >= 4 is 10.0 Å². The molecule has 130 valence electrons. The fourth-order valence-corrected chi connectivity index (χ4v) is 4.37. The third-order valence-electron chi connectivity index (χ3n) is 4.22. The quantitative estimate of drug-likeness (QED) is 0.913.